The van der Waals surface area contributed by atoms with Crippen LogP contribution in [0.1, 0.15) is 23.8 Å². The van der Waals surface area contributed by atoms with E-state index < -0.39 is 27.8 Å². The second-order valence-corrected chi connectivity index (χ2v) is 6.83. The molecular weight excluding hydrogens is 314 g/mol. The SMILES string of the molecule is CCS(=O)(=O)CCC(Nc1ccc(C(=O)OC)nn1)C(=O)O. The standard InChI is InChI=1S/C12H17N3O6S/c1-3-22(19,20)7-6-8(11(16)17)13-10-5-4-9(14-15-10)12(18)21-2/h4-5,8H,3,6-7H2,1-2H3,(H,13,15)(H,16,17). The number of sulfone groups is 1. The minimum absolute atomic E-state index is 0.0199. The molecule has 0 amide bonds. The number of carbonyl (C=O) groups excluding carboxylic acids is 1. The summed E-state index contributed by atoms with van der Waals surface area (Å²) in [4.78, 5) is 22.3. The van der Waals surface area contributed by atoms with Gasteiger partial charge in [-0.15, -0.1) is 10.2 Å². The Balaban J connectivity index is 2.75. The minimum atomic E-state index is -3.26. The number of hydrogen-bond donors (Lipinski definition) is 2. The van der Waals surface area contributed by atoms with Crippen LogP contribution in [0.2, 0.25) is 0 Å². The molecule has 0 aromatic carbocycles. The zero-order valence-electron chi connectivity index (χ0n) is 12.1. The molecule has 0 bridgehead atoms. The number of rotatable bonds is 8. The van der Waals surface area contributed by atoms with E-state index >= 15 is 0 Å². The second-order valence-electron chi connectivity index (χ2n) is 4.36. The van der Waals surface area contributed by atoms with E-state index in [0.717, 1.165) is 0 Å². The number of carboxylic acids is 1. The molecule has 0 aliphatic rings. The molecule has 0 radical (unpaired) electrons. The van der Waals surface area contributed by atoms with Crippen molar-refractivity contribution in [3.05, 3.63) is 17.8 Å². The maximum Gasteiger partial charge on any atom is 0.358 e. The summed E-state index contributed by atoms with van der Waals surface area (Å²) in [7, 11) is -2.06. The fraction of sp³-hybridized carbons (Fsp3) is 0.500. The van der Waals surface area contributed by atoms with Gasteiger partial charge in [0.05, 0.1) is 12.9 Å². The summed E-state index contributed by atoms with van der Waals surface area (Å²) in [5.41, 5.74) is -0.0199. The lowest BCUT2D eigenvalue weighted by atomic mass is 10.2. The zero-order valence-corrected chi connectivity index (χ0v) is 13.0. The van der Waals surface area contributed by atoms with E-state index in [1.165, 1.54) is 26.2 Å². The third-order valence-electron chi connectivity index (χ3n) is 2.84. The summed E-state index contributed by atoms with van der Waals surface area (Å²) in [6.45, 7) is 1.50. The van der Waals surface area contributed by atoms with Gasteiger partial charge in [0, 0.05) is 5.75 Å². The van der Waals surface area contributed by atoms with Crippen LogP contribution in [0, 0.1) is 0 Å². The summed E-state index contributed by atoms with van der Waals surface area (Å²) >= 11 is 0. The lowest BCUT2D eigenvalue weighted by molar-refractivity contribution is -0.137. The van der Waals surface area contributed by atoms with Crippen molar-refractivity contribution in [2.45, 2.75) is 19.4 Å². The number of hydrogen-bond acceptors (Lipinski definition) is 8. The largest absolute Gasteiger partial charge is 0.480 e. The normalized spacial score (nSPS) is 12.5. The molecule has 22 heavy (non-hydrogen) atoms. The number of methoxy groups -OCH3 is 1. The highest BCUT2D eigenvalue weighted by Crippen LogP contribution is 2.08. The van der Waals surface area contributed by atoms with Crippen LogP contribution in [0.5, 0.6) is 0 Å². The van der Waals surface area contributed by atoms with Crippen LogP contribution in [0.3, 0.4) is 0 Å². The number of nitrogens with zero attached hydrogens (tertiary/aromatic N) is 2. The predicted octanol–water partition coefficient (Wildman–Crippen LogP) is -0.0469. The molecule has 1 atom stereocenters. The van der Waals surface area contributed by atoms with Gasteiger partial charge in [0.25, 0.3) is 0 Å². The van der Waals surface area contributed by atoms with Crippen molar-refractivity contribution in [2.24, 2.45) is 0 Å². The van der Waals surface area contributed by atoms with Crippen LogP contribution in [0.4, 0.5) is 5.82 Å². The van der Waals surface area contributed by atoms with E-state index in [2.05, 4.69) is 20.3 Å². The van der Waals surface area contributed by atoms with Gasteiger partial charge in [-0.25, -0.2) is 18.0 Å². The third kappa shape index (κ3) is 5.28. The topological polar surface area (TPSA) is 136 Å². The molecule has 1 rings (SSSR count). The van der Waals surface area contributed by atoms with Crippen LogP contribution in [-0.2, 0) is 19.4 Å². The molecule has 2 N–H and O–H groups in total. The summed E-state index contributed by atoms with van der Waals surface area (Å²) in [5, 5.41) is 18.9. The van der Waals surface area contributed by atoms with Crippen molar-refractivity contribution in [1.29, 1.82) is 0 Å². The van der Waals surface area contributed by atoms with Crippen LogP contribution in [0.15, 0.2) is 12.1 Å². The minimum Gasteiger partial charge on any atom is -0.480 e. The average molecular weight is 331 g/mol. The Kier molecular flexibility index (Phi) is 6.23. The predicted molar refractivity (Wildman–Crippen MR) is 77.4 cm³/mol. The highest BCUT2D eigenvalue weighted by Gasteiger charge is 2.21. The van der Waals surface area contributed by atoms with Crippen molar-refractivity contribution in [1.82, 2.24) is 10.2 Å². The Labute approximate surface area is 127 Å². The summed E-state index contributed by atoms with van der Waals surface area (Å²) in [5.74, 6) is -2.05. The van der Waals surface area contributed by atoms with Gasteiger partial charge in [-0.2, -0.15) is 0 Å². The number of anilines is 1. The quantitative estimate of drug-likeness (QED) is 0.628. The van der Waals surface area contributed by atoms with Crippen molar-refractivity contribution in [2.75, 3.05) is 23.9 Å². The van der Waals surface area contributed by atoms with Gasteiger partial charge >= 0.3 is 11.9 Å². The van der Waals surface area contributed by atoms with Gasteiger partial charge in [-0.1, -0.05) is 6.92 Å². The lowest BCUT2D eigenvalue weighted by Gasteiger charge is -2.14. The Bertz CT molecular complexity index is 629. The van der Waals surface area contributed by atoms with Crippen LogP contribution >= 0.6 is 0 Å². The van der Waals surface area contributed by atoms with E-state index in [-0.39, 0.29) is 29.4 Å². The molecule has 1 aromatic heterocycles. The molecule has 1 heterocycles. The molecule has 0 saturated heterocycles. The molecule has 0 fully saturated rings. The average Bonchev–Trinajstić information content (AvgIpc) is 2.51. The molecule has 10 heteroatoms. The highest BCUT2D eigenvalue weighted by atomic mass is 32.2. The molecule has 0 aliphatic carbocycles. The molecule has 122 valence electrons. The second kappa shape index (κ2) is 7.69. The van der Waals surface area contributed by atoms with Gasteiger partial charge in [-0.3, -0.25) is 0 Å². The monoisotopic (exact) mass is 331 g/mol. The van der Waals surface area contributed by atoms with Gasteiger partial charge in [0.1, 0.15) is 21.7 Å². The maximum absolute atomic E-state index is 11.4. The fourth-order valence-electron chi connectivity index (χ4n) is 1.50. The van der Waals surface area contributed by atoms with Gasteiger partial charge in [0.15, 0.2) is 5.69 Å². The number of esters is 1. The summed E-state index contributed by atoms with van der Waals surface area (Å²) in [6, 6.07) is 1.56. The first kappa shape index (κ1) is 17.8. The van der Waals surface area contributed by atoms with Gasteiger partial charge in [-0.05, 0) is 18.6 Å². The van der Waals surface area contributed by atoms with Crippen molar-refractivity contribution in [3.8, 4) is 0 Å². The third-order valence-corrected chi connectivity index (χ3v) is 4.57. The van der Waals surface area contributed by atoms with E-state index in [0.29, 0.717) is 0 Å². The molecule has 0 aliphatic heterocycles. The Hall–Kier alpha value is -2.23. The van der Waals surface area contributed by atoms with E-state index in [1.807, 2.05) is 0 Å². The molecule has 9 nitrogen and oxygen atoms in total. The van der Waals surface area contributed by atoms with E-state index in [1.54, 1.807) is 0 Å². The fourth-order valence-corrected chi connectivity index (χ4v) is 2.38. The summed E-state index contributed by atoms with van der Waals surface area (Å²) < 4.78 is 27.3. The number of ether oxygens (including phenoxy) is 1. The van der Waals surface area contributed by atoms with Crippen molar-refractivity contribution < 1.29 is 27.9 Å². The molecule has 0 saturated carbocycles. The van der Waals surface area contributed by atoms with Crippen LogP contribution < -0.4 is 5.32 Å². The molecule has 1 aromatic rings. The van der Waals surface area contributed by atoms with Gasteiger partial charge < -0.3 is 15.2 Å². The number of carbonyl (C=O) groups is 2. The van der Waals surface area contributed by atoms with Crippen LogP contribution in [-0.4, -0.2) is 60.3 Å². The number of aliphatic carboxylic acids is 1. The zero-order chi connectivity index (χ0) is 16.8. The first-order chi connectivity index (χ1) is 10.3. The van der Waals surface area contributed by atoms with Gasteiger partial charge in [0.2, 0.25) is 0 Å². The maximum atomic E-state index is 11.4. The Morgan fingerprint density at radius 3 is 2.50 bits per heavy atom. The number of aromatic nitrogens is 2. The first-order valence-corrected chi connectivity index (χ1v) is 8.23. The van der Waals surface area contributed by atoms with E-state index in [9.17, 15) is 18.0 Å². The summed E-state index contributed by atoms with van der Waals surface area (Å²) in [6.07, 6.45) is -0.105. The number of carboxylic acid groups (broad SMARTS) is 1. The molecule has 0 spiro atoms. The smallest absolute Gasteiger partial charge is 0.358 e. The lowest BCUT2D eigenvalue weighted by Crippen LogP contribution is -2.32. The molecular formula is C12H17N3O6S. The van der Waals surface area contributed by atoms with Crippen LogP contribution in [0.25, 0.3) is 0 Å². The van der Waals surface area contributed by atoms with Crippen molar-refractivity contribution in [3.63, 3.8) is 0 Å². The Morgan fingerprint density at radius 1 is 1.36 bits per heavy atom. The molecule has 1 unspecified atom stereocenters. The number of nitrogens with one attached hydrogen (secondary N) is 1. The van der Waals surface area contributed by atoms with E-state index in [4.69, 9.17) is 5.11 Å². The van der Waals surface area contributed by atoms with Crippen molar-refractivity contribution >= 4 is 27.6 Å². The first-order valence-electron chi connectivity index (χ1n) is 6.41. The Morgan fingerprint density at radius 2 is 2.05 bits per heavy atom. The highest BCUT2D eigenvalue weighted by molar-refractivity contribution is 7.91.